The van der Waals surface area contributed by atoms with Gasteiger partial charge in [-0.25, -0.2) is 0 Å². The zero-order valence-corrected chi connectivity index (χ0v) is 10.7. The maximum atomic E-state index is 14.1. The highest BCUT2D eigenvalue weighted by molar-refractivity contribution is 5.20. The first-order chi connectivity index (χ1) is 8.49. The van der Waals surface area contributed by atoms with E-state index in [1.807, 2.05) is 11.8 Å². The van der Waals surface area contributed by atoms with Gasteiger partial charge in [0, 0.05) is 18.2 Å². The predicted octanol–water partition coefficient (Wildman–Crippen LogP) is 2.45. The van der Waals surface area contributed by atoms with Crippen LogP contribution in [0.3, 0.4) is 0 Å². The van der Waals surface area contributed by atoms with Crippen LogP contribution in [0.2, 0.25) is 0 Å². The minimum Gasteiger partial charge on any atom is -0.327 e. The van der Waals surface area contributed by atoms with E-state index >= 15 is 0 Å². The Hall–Kier alpha value is -1.00. The first kappa shape index (κ1) is 13.4. The second-order valence-corrected chi connectivity index (χ2v) is 5.24. The molecule has 2 atom stereocenters. The number of hydrogen-bond acceptors (Lipinski definition) is 2. The highest BCUT2D eigenvalue weighted by atomic mass is 19.3. The van der Waals surface area contributed by atoms with Crippen molar-refractivity contribution >= 4 is 0 Å². The van der Waals surface area contributed by atoms with Gasteiger partial charge in [-0.2, -0.15) is 8.78 Å². The molecule has 2 nitrogen and oxygen atoms in total. The quantitative estimate of drug-likeness (QED) is 0.897. The van der Waals surface area contributed by atoms with Crippen molar-refractivity contribution in [3.8, 4) is 0 Å². The molecule has 0 spiro atoms. The topological polar surface area (TPSA) is 29.3 Å². The van der Waals surface area contributed by atoms with Crippen molar-refractivity contribution < 1.29 is 8.78 Å². The molecule has 0 amide bonds. The lowest BCUT2D eigenvalue weighted by Gasteiger charge is -2.36. The van der Waals surface area contributed by atoms with Crippen LogP contribution in [0.25, 0.3) is 0 Å². The van der Waals surface area contributed by atoms with Crippen molar-refractivity contribution in [3.05, 3.63) is 35.9 Å². The summed E-state index contributed by atoms with van der Waals surface area (Å²) >= 11 is 0. The summed E-state index contributed by atoms with van der Waals surface area (Å²) in [6, 6.07) is 8.17. The Labute approximate surface area is 107 Å². The smallest absolute Gasteiger partial charge is 0.285 e. The van der Waals surface area contributed by atoms with E-state index in [2.05, 4.69) is 0 Å². The molecule has 100 valence electrons. The standard InChI is InChI=1S/C14H20F2N2/c1-11-9-18(8-7-13(11)17)10-14(15,16)12-5-3-2-4-6-12/h2-6,11,13H,7-10,17H2,1H3. The first-order valence-electron chi connectivity index (χ1n) is 6.40. The largest absolute Gasteiger partial charge is 0.327 e. The number of nitrogens with zero attached hydrogens (tertiary/aromatic N) is 1. The highest BCUT2D eigenvalue weighted by Gasteiger charge is 2.35. The molecule has 0 saturated carbocycles. The summed E-state index contributed by atoms with van der Waals surface area (Å²) in [6.45, 7) is 3.13. The van der Waals surface area contributed by atoms with E-state index in [1.54, 1.807) is 18.2 Å². The van der Waals surface area contributed by atoms with E-state index in [-0.39, 0.29) is 24.1 Å². The van der Waals surface area contributed by atoms with Crippen molar-refractivity contribution in [2.45, 2.75) is 25.3 Å². The average Bonchev–Trinajstić information content (AvgIpc) is 2.35. The molecule has 0 bridgehead atoms. The number of hydrogen-bond donors (Lipinski definition) is 1. The summed E-state index contributed by atoms with van der Waals surface area (Å²) in [5.74, 6) is -2.51. The third-order valence-corrected chi connectivity index (χ3v) is 3.67. The molecule has 2 unspecified atom stereocenters. The Balaban J connectivity index is 2.00. The fourth-order valence-corrected chi connectivity index (χ4v) is 2.45. The fourth-order valence-electron chi connectivity index (χ4n) is 2.45. The van der Waals surface area contributed by atoms with Crippen LogP contribution in [0.15, 0.2) is 30.3 Å². The average molecular weight is 254 g/mol. The van der Waals surface area contributed by atoms with Crippen LogP contribution < -0.4 is 5.73 Å². The third kappa shape index (κ3) is 3.06. The number of rotatable bonds is 3. The van der Waals surface area contributed by atoms with Gasteiger partial charge < -0.3 is 5.73 Å². The monoisotopic (exact) mass is 254 g/mol. The van der Waals surface area contributed by atoms with Crippen LogP contribution in [0, 0.1) is 5.92 Å². The van der Waals surface area contributed by atoms with E-state index in [0.717, 1.165) is 6.42 Å². The number of nitrogens with two attached hydrogens (primary N) is 1. The van der Waals surface area contributed by atoms with Crippen LogP contribution in [0.4, 0.5) is 8.78 Å². The maximum Gasteiger partial charge on any atom is 0.285 e. The molecule has 1 aromatic rings. The van der Waals surface area contributed by atoms with E-state index in [9.17, 15) is 8.78 Å². The van der Waals surface area contributed by atoms with Gasteiger partial charge in [0.05, 0.1) is 6.54 Å². The van der Waals surface area contributed by atoms with E-state index in [1.165, 1.54) is 12.1 Å². The summed E-state index contributed by atoms with van der Waals surface area (Å²) in [6.07, 6.45) is 0.798. The molecule has 1 aromatic carbocycles. The Morgan fingerprint density at radius 1 is 1.33 bits per heavy atom. The Morgan fingerprint density at radius 3 is 2.61 bits per heavy atom. The van der Waals surface area contributed by atoms with E-state index < -0.39 is 5.92 Å². The van der Waals surface area contributed by atoms with Gasteiger partial charge in [-0.1, -0.05) is 37.3 Å². The Kier molecular flexibility index (Phi) is 3.97. The third-order valence-electron chi connectivity index (χ3n) is 3.67. The van der Waals surface area contributed by atoms with Crippen LogP contribution in [0.1, 0.15) is 18.9 Å². The normalized spacial score (nSPS) is 26.2. The molecule has 0 radical (unpaired) electrons. The lowest BCUT2D eigenvalue weighted by molar-refractivity contribution is -0.0470. The number of piperidine rings is 1. The van der Waals surface area contributed by atoms with Gasteiger partial charge >= 0.3 is 0 Å². The Morgan fingerprint density at radius 2 is 2.00 bits per heavy atom. The van der Waals surface area contributed by atoms with Gasteiger partial charge in [0.25, 0.3) is 5.92 Å². The second kappa shape index (κ2) is 5.33. The molecule has 1 saturated heterocycles. The molecular weight excluding hydrogens is 234 g/mol. The van der Waals surface area contributed by atoms with Crippen LogP contribution in [0.5, 0.6) is 0 Å². The summed E-state index contributed by atoms with van der Waals surface area (Å²) < 4.78 is 28.2. The van der Waals surface area contributed by atoms with E-state index in [4.69, 9.17) is 5.73 Å². The van der Waals surface area contributed by atoms with Gasteiger partial charge in [-0.3, -0.25) is 4.90 Å². The molecule has 18 heavy (non-hydrogen) atoms. The fraction of sp³-hybridized carbons (Fsp3) is 0.571. The molecule has 0 aliphatic carbocycles. The van der Waals surface area contributed by atoms with Crippen molar-refractivity contribution in [2.24, 2.45) is 11.7 Å². The van der Waals surface area contributed by atoms with Gasteiger partial charge in [0.2, 0.25) is 0 Å². The van der Waals surface area contributed by atoms with Crippen molar-refractivity contribution in [1.29, 1.82) is 0 Å². The SMILES string of the molecule is CC1CN(CC(F)(F)c2ccccc2)CCC1N. The van der Waals surface area contributed by atoms with E-state index in [0.29, 0.717) is 13.1 Å². The molecule has 1 heterocycles. The van der Waals surface area contributed by atoms with Gasteiger partial charge in [-0.05, 0) is 18.9 Å². The number of halogens is 2. The lowest BCUT2D eigenvalue weighted by Crippen LogP contribution is -2.48. The maximum absolute atomic E-state index is 14.1. The number of likely N-dealkylation sites (tertiary alicyclic amines) is 1. The van der Waals surface area contributed by atoms with Gasteiger partial charge in [-0.15, -0.1) is 0 Å². The zero-order chi connectivity index (χ0) is 13.2. The second-order valence-electron chi connectivity index (χ2n) is 5.24. The lowest BCUT2D eigenvalue weighted by atomic mass is 9.94. The molecule has 1 aliphatic heterocycles. The number of alkyl halides is 2. The Bertz CT molecular complexity index is 381. The minimum absolute atomic E-state index is 0.0903. The van der Waals surface area contributed by atoms with Crippen LogP contribution in [-0.2, 0) is 5.92 Å². The molecule has 4 heteroatoms. The highest BCUT2D eigenvalue weighted by Crippen LogP contribution is 2.30. The number of benzene rings is 1. The predicted molar refractivity (Wildman–Crippen MR) is 68.5 cm³/mol. The minimum atomic E-state index is -2.79. The molecule has 0 aromatic heterocycles. The van der Waals surface area contributed by atoms with Gasteiger partial charge in [0.1, 0.15) is 0 Å². The molecule has 1 fully saturated rings. The molecular formula is C14H20F2N2. The van der Waals surface area contributed by atoms with Crippen LogP contribution in [-0.4, -0.2) is 30.6 Å². The summed E-state index contributed by atoms with van der Waals surface area (Å²) in [5, 5.41) is 0. The van der Waals surface area contributed by atoms with Crippen LogP contribution >= 0.6 is 0 Å². The summed E-state index contributed by atoms with van der Waals surface area (Å²) in [7, 11) is 0. The molecule has 2 N–H and O–H groups in total. The summed E-state index contributed by atoms with van der Waals surface area (Å²) in [4.78, 5) is 1.82. The zero-order valence-electron chi connectivity index (χ0n) is 10.7. The molecule has 1 aliphatic rings. The van der Waals surface area contributed by atoms with Crippen molar-refractivity contribution in [3.63, 3.8) is 0 Å². The molecule has 2 rings (SSSR count). The summed E-state index contributed by atoms with van der Waals surface area (Å²) in [5.41, 5.74) is 5.99. The van der Waals surface area contributed by atoms with Gasteiger partial charge in [0.15, 0.2) is 0 Å². The van der Waals surface area contributed by atoms with Crippen molar-refractivity contribution in [1.82, 2.24) is 4.90 Å². The van der Waals surface area contributed by atoms with Crippen molar-refractivity contribution in [2.75, 3.05) is 19.6 Å². The first-order valence-corrected chi connectivity index (χ1v) is 6.40.